The van der Waals surface area contributed by atoms with Gasteiger partial charge in [-0.25, -0.2) is 9.18 Å². The number of alkyl halides is 1. The Labute approximate surface area is 122 Å². The molecule has 2 amide bonds. The molecule has 1 N–H and O–H groups in total. The first-order chi connectivity index (χ1) is 10.2. The highest BCUT2D eigenvalue weighted by Crippen LogP contribution is 2.38. The number of rotatable bonds is 1. The number of piperidine rings is 1. The zero-order chi connectivity index (χ0) is 14.4. The van der Waals surface area contributed by atoms with Gasteiger partial charge in [-0.2, -0.15) is 0 Å². The molecule has 2 saturated heterocycles. The van der Waals surface area contributed by atoms with Crippen molar-refractivity contribution in [1.82, 2.24) is 4.90 Å². The molecule has 0 aliphatic carbocycles. The van der Waals surface area contributed by atoms with E-state index in [2.05, 4.69) is 5.32 Å². The van der Waals surface area contributed by atoms with Crippen LogP contribution in [0.3, 0.4) is 0 Å². The molecule has 1 aromatic rings. The Morgan fingerprint density at radius 2 is 1.90 bits per heavy atom. The lowest BCUT2D eigenvalue weighted by Gasteiger charge is -2.36. The summed E-state index contributed by atoms with van der Waals surface area (Å²) in [7, 11) is 0. The van der Waals surface area contributed by atoms with Gasteiger partial charge in [0.25, 0.3) is 0 Å². The fourth-order valence-electron chi connectivity index (χ4n) is 3.60. The Morgan fingerprint density at radius 3 is 2.67 bits per heavy atom. The first-order valence-corrected chi connectivity index (χ1v) is 7.34. The maximum absolute atomic E-state index is 13.5. The molecule has 3 aliphatic rings. The van der Waals surface area contributed by atoms with Crippen LogP contribution in [0.2, 0.25) is 0 Å². The average Bonchev–Trinajstić information content (AvgIpc) is 3.01. The first-order valence-electron chi connectivity index (χ1n) is 7.34. The van der Waals surface area contributed by atoms with E-state index in [9.17, 15) is 9.18 Å². The Morgan fingerprint density at radius 1 is 1.19 bits per heavy atom. The average molecular weight is 292 g/mol. The Kier molecular flexibility index (Phi) is 2.90. The maximum Gasteiger partial charge on any atom is 0.322 e. The Hall–Kier alpha value is -1.98. The second-order valence-electron chi connectivity index (χ2n) is 5.86. The summed E-state index contributed by atoms with van der Waals surface area (Å²) in [5, 5.41) is 2.89. The third-order valence-corrected chi connectivity index (χ3v) is 4.53. The van der Waals surface area contributed by atoms with Gasteiger partial charge in [0.05, 0.1) is 0 Å². The largest absolute Gasteiger partial charge is 0.454 e. The number of carbonyl (C=O) groups excluding carboxylic acids is 1. The number of carbonyl (C=O) groups is 1. The predicted molar refractivity (Wildman–Crippen MR) is 74.4 cm³/mol. The number of fused-ring (bicyclic) bond motifs is 3. The third-order valence-electron chi connectivity index (χ3n) is 4.53. The van der Waals surface area contributed by atoms with Crippen molar-refractivity contribution in [3.8, 4) is 11.5 Å². The summed E-state index contributed by atoms with van der Waals surface area (Å²) in [6.45, 7) is 0.209. The van der Waals surface area contributed by atoms with Crippen LogP contribution < -0.4 is 14.8 Å². The summed E-state index contributed by atoms with van der Waals surface area (Å²) in [6, 6.07) is 5.24. The molecule has 0 aromatic heterocycles. The van der Waals surface area contributed by atoms with Crippen molar-refractivity contribution in [3.05, 3.63) is 18.2 Å². The molecule has 2 bridgehead atoms. The predicted octanol–water partition coefficient (Wildman–Crippen LogP) is 2.91. The molecule has 21 heavy (non-hydrogen) atoms. The van der Waals surface area contributed by atoms with E-state index in [-0.39, 0.29) is 24.9 Å². The lowest BCUT2D eigenvalue weighted by atomic mass is 10.0. The number of nitrogens with one attached hydrogen (secondary N) is 1. The van der Waals surface area contributed by atoms with Crippen LogP contribution in [0.4, 0.5) is 14.9 Å². The number of hydrogen-bond acceptors (Lipinski definition) is 3. The summed E-state index contributed by atoms with van der Waals surface area (Å²) in [6.07, 6.45) is 1.96. The summed E-state index contributed by atoms with van der Waals surface area (Å²) in [4.78, 5) is 14.3. The van der Waals surface area contributed by atoms with Gasteiger partial charge >= 0.3 is 6.03 Å². The van der Waals surface area contributed by atoms with E-state index < -0.39 is 6.17 Å². The van der Waals surface area contributed by atoms with Crippen molar-refractivity contribution in [2.24, 2.45) is 0 Å². The number of ether oxygens (including phenoxy) is 2. The van der Waals surface area contributed by atoms with Crippen molar-refractivity contribution >= 4 is 11.7 Å². The lowest BCUT2D eigenvalue weighted by molar-refractivity contribution is 0.110. The molecular formula is C15H17FN2O3. The highest BCUT2D eigenvalue weighted by Gasteiger charge is 2.43. The van der Waals surface area contributed by atoms with Gasteiger partial charge < -0.3 is 19.7 Å². The van der Waals surface area contributed by atoms with Gasteiger partial charge in [-0.3, -0.25) is 0 Å². The summed E-state index contributed by atoms with van der Waals surface area (Å²) >= 11 is 0. The molecule has 2 unspecified atom stereocenters. The topological polar surface area (TPSA) is 50.8 Å². The number of benzene rings is 1. The van der Waals surface area contributed by atoms with Gasteiger partial charge in [-0.05, 0) is 37.8 Å². The molecule has 0 spiro atoms. The van der Waals surface area contributed by atoms with Crippen LogP contribution in [-0.2, 0) is 0 Å². The standard InChI is InChI=1S/C15H17FN2O3/c16-9-5-11-2-3-12(6-9)18(11)15(19)17-10-1-4-13-14(7-10)21-8-20-13/h1,4,7,9,11-12H,2-3,5-6,8H2,(H,17,19). The van der Waals surface area contributed by atoms with Crippen molar-refractivity contribution in [2.75, 3.05) is 12.1 Å². The second kappa shape index (κ2) is 4.79. The molecule has 2 atom stereocenters. The Balaban J connectivity index is 1.49. The molecule has 1 aromatic carbocycles. The molecule has 0 radical (unpaired) electrons. The molecule has 6 heteroatoms. The van der Waals surface area contributed by atoms with Crippen molar-refractivity contribution in [1.29, 1.82) is 0 Å². The van der Waals surface area contributed by atoms with Gasteiger partial charge in [-0.1, -0.05) is 0 Å². The lowest BCUT2D eigenvalue weighted by Crippen LogP contribution is -2.48. The molecule has 0 saturated carbocycles. The van der Waals surface area contributed by atoms with Crippen LogP contribution in [0.1, 0.15) is 25.7 Å². The molecule has 3 heterocycles. The summed E-state index contributed by atoms with van der Waals surface area (Å²) in [5.74, 6) is 1.32. The highest BCUT2D eigenvalue weighted by atomic mass is 19.1. The highest BCUT2D eigenvalue weighted by molar-refractivity contribution is 5.90. The number of halogens is 1. The van der Waals surface area contributed by atoms with Crippen LogP contribution in [0.25, 0.3) is 0 Å². The minimum Gasteiger partial charge on any atom is -0.454 e. The van der Waals surface area contributed by atoms with Gasteiger partial charge in [0.15, 0.2) is 11.5 Å². The zero-order valence-electron chi connectivity index (χ0n) is 11.5. The molecule has 112 valence electrons. The van der Waals surface area contributed by atoms with Crippen LogP contribution in [0.15, 0.2) is 18.2 Å². The van der Waals surface area contributed by atoms with E-state index in [0.29, 0.717) is 30.0 Å². The first kappa shape index (κ1) is 12.7. The van der Waals surface area contributed by atoms with Gasteiger partial charge in [0.2, 0.25) is 6.79 Å². The fraction of sp³-hybridized carbons (Fsp3) is 0.533. The van der Waals surface area contributed by atoms with Crippen molar-refractivity contribution in [3.63, 3.8) is 0 Å². The van der Waals surface area contributed by atoms with Crippen molar-refractivity contribution < 1.29 is 18.7 Å². The van der Waals surface area contributed by atoms with E-state index in [0.717, 1.165) is 12.8 Å². The van der Waals surface area contributed by atoms with Crippen LogP contribution in [0, 0.1) is 0 Å². The minimum atomic E-state index is -0.767. The molecule has 5 nitrogen and oxygen atoms in total. The van der Waals surface area contributed by atoms with Crippen LogP contribution in [-0.4, -0.2) is 36.0 Å². The summed E-state index contributed by atoms with van der Waals surface area (Å²) < 4.78 is 24.1. The van der Waals surface area contributed by atoms with Gasteiger partial charge in [0, 0.05) is 23.8 Å². The number of nitrogens with zero attached hydrogens (tertiary/aromatic N) is 1. The summed E-state index contributed by atoms with van der Waals surface area (Å²) in [5.41, 5.74) is 0.672. The molecule has 2 fully saturated rings. The van der Waals surface area contributed by atoms with Gasteiger partial charge in [-0.15, -0.1) is 0 Å². The molecule has 4 rings (SSSR count). The maximum atomic E-state index is 13.5. The quantitative estimate of drug-likeness (QED) is 0.866. The van der Waals surface area contributed by atoms with Gasteiger partial charge in [0.1, 0.15) is 6.17 Å². The van der Waals surface area contributed by atoms with Crippen molar-refractivity contribution in [2.45, 2.75) is 43.9 Å². The van der Waals surface area contributed by atoms with E-state index in [1.54, 1.807) is 18.2 Å². The fourth-order valence-corrected chi connectivity index (χ4v) is 3.60. The van der Waals surface area contributed by atoms with E-state index >= 15 is 0 Å². The Bertz CT molecular complexity index is 566. The normalized spacial score (nSPS) is 29.6. The number of amides is 2. The monoisotopic (exact) mass is 292 g/mol. The van der Waals surface area contributed by atoms with Crippen LogP contribution in [0.5, 0.6) is 11.5 Å². The SMILES string of the molecule is O=C(Nc1ccc2c(c1)OCO2)N1C2CCC1CC(F)C2. The van der Waals surface area contributed by atoms with E-state index in [1.807, 2.05) is 4.90 Å². The number of anilines is 1. The third kappa shape index (κ3) is 2.18. The van der Waals surface area contributed by atoms with E-state index in [4.69, 9.17) is 9.47 Å². The van der Waals surface area contributed by atoms with Crippen LogP contribution >= 0.6 is 0 Å². The smallest absolute Gasteiger partial charge is 0.322 e. The molecular weight excluding hydrogens is 275 g/mol. The van der Waals surface area contributed by atoms with E-state index in [1.165, 1.54) is 0 Å². The zero-order valence-corrected chi connectivity index (χ0v) is 11.5. The second-order valence-corrected chi connectivity index (χ2v) is 5.86. The molecule has 3 aliphatic heterocycles. The number of hydrogen-bond donors (Lipinski definition) is 1. The minimum absolute atomic E-state index is 0.0350. The number of urea groups is 1.